The number of aliphatic hydroxyl groups excluding tert-OH is 1. The molecule has 84 valence electrons. The molecule has 0 heterocycles. The lowest BCUT2D eigenvalue weighted by Gasteiger charge is -2.35. The van der Waals surface area contributed by atoms with Crippen LogP contribution in [0.1, 0.15) is 25.7 Å². The number of rotatable bonds is 2. The summed E-state index contributed by atoms with van der Waals surface area (Å²) in [5.41, 5.74) is 0. The first-order valence-corrected chi connectivity index (χ1v) is 4.85. The van der Waals surface area contributed by atoms with Crippen LogP contribution in [0.5, 0.6) is 0 Å². The van der Waals surface area contributed by atoms with E-state index in [1.807, 2.05) is 0 Å². The summed E-state index contributed by atoms with van der Waals surface area (Å²) in [4.78, 5) is 1.21. The summed E-state index contributed by atoms with van der Waals surface area (Å²) in [6.45, 7) is -0.936. The molecular weight excluding hydrogens is 195 g/mol. The van der Waals surface area contributed by atoms with Crippen LogP contribution in [0.15, 0.2) is 0 Å². The fourth-order valence-corrected chi connectivity index (χ4v) is 2.01. The van der Waals surface area contributed by atoms with Crippen LogP contribution in [0.4, 0.5) is 13.2 Å². The van der Waals surface area contributed by atoms with E-state index >= 15 is 0 Å². The average Bonchev–Trinajstić information content (AvgIpc) is 2.01. The van der Waals surface area contributed by atoms with Crippen molar-refractivity contribution in [3.8, 4) is 0 Å². The summed E-state index contributed by atoms with van der Waals surface area (Å²) in [6.07, 6.45) is -1.68. The van der Waals surface area contributed by atoms with Gasteiger partial charge in [0.15, 0.2) is 0 Å². The first kappa shape index (κ1) is 11.8. The van der Waals surface area contributed by atoms with Gasteiger partial charge in [-0.2, -0.15) is 13.2 Å². The Bertz CT molecular complexity index is 183. The number of alkyl halides is 3. The summed E-state index contributed by atoms with van der Waals surface area (Å²) >= 11 is 0. The fraction of sp³-hybridized carbons (Fsp3) is 1.00. The van der Waals surface area contributed by atoms with Crippen molar-refractivity contribution in [2.45, 2.75) is 44.0 Å². The van der Waals surface area contributed by atoms with E-state index in [4.69, 9.17) is 0 Å². The van der Waals surface area contributed by atoms with Crippen molar-refractivity contribution in [2.24, 2.45) is 0 Å². The lowest BCUT2D eigenvalue weighted by atomic mass is 9.91. The molecular formula is C9H16F3NO. The van der Waals surface area contributed by atoms with E-state index in [1.54, 1.807) is 0 Å². The minimum absolute atomic E-state index is 0.328. The van der Waals surface area contributed by atoms with Crippen LogP contribution in [0, 0.1) is 0 Å². The molecule has 0 aromatic carbocycles. The molecule has 2 nitrogen and oxygen atoms in total. The van der Waals surface area contributed by atoms with E-state index in [-0.39, 0.29) is 6.04 Å². The topological polar surface area (TPSA) is 23.5 Å². The summed E-state index contributed by atoms with van der Waals surface area (Å²) in [6, 6.07) is -0.328. The van der Waals surface area contributed by atoms with Crippen LogP contribution < -0.4 is 0 Å². The Balaban J connectivity index is 2.46. The Morgan fingerprint density at radius 1 is 1.29 bits per heavy atom. The molecule has 1 aliphatic carbocycles. The molecule has 0 bridgehead atoms. The van der Waals surface area contributed by atoms with Crippen molar-refractivity contribution >= 4 is 0 Å². The van der Waals surface area contributed by atoms with Crippen LogP contribution >= 0.6 is 0 Å². The third kappa shape index (κ3) is 3.46. The van der Waals surface area contributed by atoms with Gasteiger partial charge in [0.1, 0.15) is 0 Å². The second-order valence-corrected chi connectivity index (χ2v) is 3.95. The number of hydrogen-bond donors (Lipinski definition) is 1. The molecule has 1 rings (SSSR count). The predicted octanol–water partition coefficient (Wildman–Crippen LogP) is 1.78. The highest BCUT2D eigenvalue weighted by Gasteiger charge is 2.35. The number of nitrogens with zero attached hydrogens (tertiary/aromatic N) is 1. The second kappa shape index (κ2) is 4.49. The number of hydrogen-bond acceptors (Lipinski definition) is 2. The molecule has 1 fully saturated rings. The molecule has 0 saturated heterocycles. The normalized spacial score (nSPS) is 29.6. The van der Waals surface area contributed by atoms with Gasteiger partial charge < -0.3 is 5.11 Å². The van der Waals surface area contributed by atoms with Gasteiger partial charge in [0.25, 0.3) is 0 Å². The van der Waals surface area contributed by atoms with Crippen LogP contribution in [0.2, 0.25) is 0 Å². The smallest absolute Gasteiger partial charge is 0.391 e. The van der Waals surface area contributed by atoms with Crippen molar-refractivity contribution < 1.29 is 18.3 Å². The van der Waals surface area contributed by atoms with Gasteiger partial charge in [0.2, 0.25) is 0 Å². The Morgan fingerprint density at radius 2 is 1.86 bits per heavy atom. The maximum Gasteiger partial charge on any atom is 0.401 e. The molecule has 2 atom stereocenters. The zero-order valence-corrected chi connectivity index (χ0v) is 8.22. The highest BCUT2D eigenvalue weighted by Crippen LogP contribution is 2.25. The van der Waals surface area contributed by atoms with Crippen molar-refractivity contribution in [1.82, 2.24) is 4.90 Å². The minimum atomic E-state index is -4.17. The summed E-state index contributed by atoms with van der Waals surface area (Å²) in [7, 11) is 1.42. The van der Waals surface area contributed by atoms with Gasteiger partial charge in [-0.15, -0.1) is 0 Å². The quantitative estimate of drug-likeness (QED) is 0.752. The third-order valence-electron chi connectivity index (χ3n) is 2.69. The van der Waals surface area contributed by atoms with Gasteiger partial charge in [-0.3, -0.25) is 4.90 Å². The van der Waals surface area contributed by atoms with Crippen molar-refractivity contribution in [2.75, 3.05) is 13.6 Å². The van der Waals surface area contributed by atoms with E-state index in [2.05, 4.69) is 0 Å². The van der Waals surface area contributed by atoms with E-state index in [0.29, 0.717) is 12.8 Å². The lowest BCUT2D eigenvalue weighted by molar-refractivity contribution is -0.153. The number of aliphatic hydroxyl groups is 1. The molecule has 2 unspecified atom stereocenters. The Labute approximate surface area is 81.7 Å². The first-order chi connectivity index (χ1) is 6.40. The van der Waals surface area contributed by atoms with Gasteiger partial charge in [-0.05, 0) is 19.9 Å². The molecule has 1 saturated carbocycles. The van der Waals surface area contributed by atoms with Gasteiger partial charge in [-0.25, -0.2) is 0 Å². The Morgan fingerprint density at radius 3 is 2.36 bits per heavy atom. The maximum atomic E-state index is 12.1. The number of likely N-dealkylation sites (N-methyl/N-ethyl adjacent to an activating group) is 1. The van der Waals surface area contributed by atoms with Crippen LogP contribution in [0.25, 0.3) is 0 Å². The van der Waals surface area contributed by atoms with E-state index in [1.165, 1.54) is 11.9 Å². The van der Waals surface area contributed by atoms with Crippen molar-refractivity contribution in [1.29, 1.82) is 0 Å². The molecule has 1 aliphatic rings. The number of halogens is 3. The molecule has 0 amide bonds. The SMILES string of the molecule is CN(CC(F)(F)F)C1CCCCC1O. The minimum Gasteiger partial charge on any atom is -0.391 e. The highest BCUT2D eigenvalue weighted by atomic mass is 19.4. The largest absolute Gasteiger partial charge is 0.401 e. The fourth-order valence-electron chi connectivity index (χ4n) is 2.01. The molecule has 1 N–H and O–H groups in total. The standard InChI is InChI=1S/C9H16F3NO/c1-13(6-9(10,11)12)7-4-2-3-5-8(7)14/h7-8,14H,2-6H2,1H3. The Hall–Kier alpha value is -0.290. The molecule has 0 aliphatic heterocycles. The van der Waals surface area contributed by atoms with E-state index < -0.39 is 18.8 Å². The lowest BCUT2D eigenvalue weighted by Crippen LogP contribution is -2.46. The first-order valence-electron chi connectivity index (χ1n) is 4.85. The van der Waals surface area contributed by atoms with Gasteiger partial charge in [-0.1, -0.05) is 12.8 Å². The molecule has 0 aromatic heterocycles. The third-order valence-corrected chi connectivity index (χ3v) is 2.69. The van der Waals surface area contributed by atoms with Gasteiger partial charge >= 0.3 is 6.18 Å². The zero-order valence-electron chi connectivity index (χ0n) is 8.22. The van der Waals surface area contributed by atoms with Crippen LogP contribution in [-0.2, 0) is 0 Å². The maximum absolute atomic E-state index is 12.1. The summed E-state index contributed by atoms with van der Waals surface area (Å²) in [5.74, 6) is 0. The molecule has 14 heavy (non-hydrogen) atoms. The van der Waals surface area contributed by atoms with Gasteiger partial charge in [0.05, 0.1) is 12.6 Å². The molecule has 0 radical (unpaired) electrons. The monoisotopic (exact) mass is 211 g/mol. The predicted molar refractivity (Wildman–Crippen MR) is 46.9 cm³/mol. The van der Waals surface area contributed by atoms with Crippen molar-refractivity contribution in [3.05, 3.63) is 0 Å². The van der Waals surface area contributed by atoms with E-state index in [0.717, 1.165) is 12.8 Å². The highest BCUT2D eigenvalue weighted by molar-refractivity contribution is 4.82. The van der Waals surface area contributed by atoms with E-state index in [9.17, 15) is 18.3 Å². The molecule has 5 heteroatoms. The molecule has 0 spiro atoms. The summed E-state index contributed by atoms with van der Waals surface area (Å²) < 4.78 is 36.2. The summed E-state index contributed by atoms with van der Waals surface area (Å²) in [5, 5.41) is 9.53. The van der Waals surface area contributed by atoms with Gasteiger partial charge in [0, 0.05) is 6.04 Å². The second-order valence-electron chi connectivity index (χ2n) is 3.95. The van der Waals surface area contributed by atoms with Crippen LogP contribution in [-0.4, -0.2) is 41.9 Å². The van der Waals surface area contributed by atoms with Crippen LogP contribution in [0.3, 0.4) is 0 Å². The average molecular weight is 211 g/mol. The zero-order chi connectivity index (χ0) is 10.8. The Kier molecular flexibility index (Phi) is 3.78. The molecule has 0 aromatic rings. The van der Waals surface area contributed by atoms with Crippen molar-refractivity contribution in [3.63, 3.8) is 0 Å².